The number of hydrogen-bond donors (Lipinski definition) is 2. The van der Waals surface area contributed by atoms with E-state index < -0.39 is 17.4 Å². The Bertz CT molecular complexity index is 1500. The molecule has 1 aliphatic rings. The summed E-state index contributed by atoms with van der Waals surface area (Å²) in [4.78, 5) is 32.0. The van der Waals surface area contributed by atoms with Crippen LogP contribution >= 0.6 is 11.6 Å². The summed E-state index contributed by atoms with van der Waals surface area (Å²) in [6, 6.07) is -0.203. The molecule has 1 saturated carbocycles. The Balaban J connectivity index is 1.30. The fraction of sp³-hybridized carbons (Fsp3) is 0.423. The summed E-state index contributed by atoms with van der Waals surface area (Å²) >= 11 is 6.04. The summed E-state index contributed by atoms with van der Waals surface area (Å²) in [5.74, 6) is 0.504. The summed E-state index contributed by atoms with van der Waals surface area (Å²) in [6.07, 6.45) is 7.79. The molecule has 15 heteroatoms. The molecule has 41 heavy (non-hydrogen) atoms. The summed E-state index contributed by atoms with van der Waals surface area (Å²) in [7, 11) is 1.82. The van der Waals surface area contributed by atoms with Gasteiger partial charge in [0.2, 0.25) is 11.9 Å². The number of H-pyrrole nitrogens is 1. The van der Waals surface area contributed by atoms with Crippen molar-refractivity contribution in [3.05, 3.63) is 47.8 Å². The number of halogens is 4. The number of carbonyl (C=O) groups excluding carboxylic acids is 1. The molecule has 4 aromatic heterocycles. The molecule has 0 bridgehead atoms. The monoisotopic (exact) mass is 588 g/mol. The van der Waals surface area contributed by atoms with Gasteiger partial charge in [-0.1, -0.05) is 18.5 Å². The van der Waals surface area contributed by atoms with Crippen molar-refractivity contribution in [1.82, 2.24) is 39.9 Å². The van der Waals surface area contributed by atoms with Crippen LogP contribution < -0.4 is 10.2 Å². The quantitative estimate of drug-likeness (QED) is 0.284. The number of aromatic amines is 1. The lowest BCUT2D eigenvalue weighted by Gasteiger charge is -2.36. The topological polar surface area (TPSA) is 130 Å². The summed E-state index contributed by atoms with van der Waals surface area (Å²) in [5, 5.41) is 13.6. The number of hydrogen-bond acceptors (Lipinski definition) is 8. The molecule has 1 fully saturated rings. The first kappa shape index (κ1) is 28.5. The first-order valence-corrected chi connectivity index (χ1v) is 13.5. The van der Waals surface area contributed by atoms with E-state index in [4.69, 9.17) is 11.6 Å². The normalized spacial score (nSPS) is 17.4. The van der Waals surface area contributed by atoms with E-state index >= 15 is 0 Å². The molecule has 0 spiro atoms. The maximum Gasteiger partial charge on any atom is 0.420 e. The summed E-state index contributed by atoms with van der Waals surface area (Å²) in [6.45, 7) is 1.95. The number of nitrogens with zero attached hydrogens (tertiary/aromatic N) is 8. The molecule has 0 atom stereocenters. The first-order chi connectivity index (χ1) is 19.6. The Morgan fingerprint density at radius 2 is 1.90 bits per heavy atom. The molecule has 2 N–H and O–H groups in total. The Labute approximate surface area is 238 Å². The Kier molecular flexibility index (Phi) is 8.20. The predicted molar refractivity (Wildman–Crippen MR) is 146 cm³/mol. The van der Waals surface area contributed by atoms with Gasteiger partial charge in [0.1, 0.15) is 17.0 Å². The van der Waals surface area contributed by atoms with Crippen LogP contribution in [0.5, 0.6) is 0 Å². The van der Waals surface area contributed by atoms with Gasteiger partial charge >= 0.3 is 6.18 Å². The summed E-state index contributed by atoms with van der Waals surface area (Å²) < 4.78 is 42.5. The van der Waals surface area contributed by atoms with Crippen molar-refractivity contribution in [1.29, 1.82) is 0 Å². The molecule has 0 aromatic carbocycles. The van der Waals surface area contributed by atoms with E-state index in [-0.39, 0.29) is 34.7 Å². The molecule has 5 rings (SSSR count). The van der Waals surface area contributed by atoms with Gasteiger partial charge in [0.05, 0.1) is 29.3 Å². The van der Waals surface area contributed by atoms with Crippen LogP contribution in [0.4, 0.5) is 24.9 Å². The molecular formula is C26H28ClF3N10O. The number of aryl methyl sites for hydroxylation is 1. The van der Waals surface area contributed by atoms with E-state index in [9.17, 15) is 18.0 Å². The van der Waals surface area contributed by atoms with E-state index in [2.05, 4.69) is 40.5 Å². The van der Waals surface area contributed by atoms with E-state index in [0.29, 0.717) is 50.0 Å². The van der Waals surface area contributed by atoms with Gasteiger partial charge in [0.15, 0.2) is 5.82 Å². The maximum absolute atomic E-state index is 13.6. The van der Waals surface area contributed by atoms with Crippen LogP contribution in [0.25, 0.3) is 22.6 Å². The van der Waals surface area contributed by atoms with Crippen molar-refractivity contribution in [2.75, 3.05) is 10.2 Å². The van der Waals surface area contributed by atoms with Gasteiger partial charge in [-0.05, 0) is 32.1 Å². The molecule has 0 aliphatic heterocycles. The predicted octanol–water partition coefficient (Wildman–Crippen LogP) is 5.29. The first-order valence-electron chi connectivity index (χ1n) is 13.2. The number of aromatic nitrogens is 8. The van der Waals surface area contributed by atoms with Gasteiger partial charge in [0.25, 0.3) is 0 Å². The Morgan fingerprint density at radius 3 is 2.49 bits per heavy atom. The smallest absolute Gasteiger partial charge is 0.351 e. The van der Waals surface area contributed by atoms with Crippen molar-refractivity contribution >= 4 is 29.3 Å². The number of anilines is 2. The minimum absolute atomic E-state index is 0.0223. The maximum atomic E-state index is 13.6. The average Bonchev–Trinajstić information content (AvgIpc) is 3.57. The molecule has 0 radical (unpaired) electrons. The third-order valence-electron chi connectivity index (χ3n) is 6.93. The van der Waals surface area contributed by atoms with Crippen LogP contribution in [0.1, 0.15) is 51.0 Å². The van der Waals surface area contributed by atoms with Crippen LogP contribution in [-0.4, -0.2) is 57.9 Å². The van der Waals surface area contributed by atoms with E-state index in [1.54, 1.807) is 28.2 Å². The van der Waals surface area contributed by atoms with Crippen molar-refractivity contribution in [2.24, 2.45) is 7.05 Å². The highest BCUT2D eigenvalue weighted by Gasteiger charge is 2.37. The Morgan fingerprint density at radius 1 is 1.12 bits per heavy atom. The van der Waals surface area contributed by atoms with Gasteiger partial charge in [-0.3, -0.25) is 24.5 Å². The van der Waals surface area contributed by atoms with Crippen molar-refractivity contribution in [2.45, 2.75) is 63.7 Å². The van der Waals surface area contributed by atoms with Crippen LogP contribution in [0.3, 0.4) is 0 Å². The molecule has 216 valence electrons. The molecule has 0 saturated heterocycles. The molecule has 4 aromatic rings. The zero-order chi connectivity index (χ0) is 29.1. The zero-order valence-corrected chi connectivity index (χ0v) is 23.1. The van der Waals surface area contributed by atoms with Crippen molar-refractivity contribution < 1.29 is 18.0 Å². The van der Waals surface area contributed by atoms with E-state index in [0.717, 1.165) is 11.8 Å². The number of nitrogens with one attached hydrogen (secondary N) is 2. The number of rotatable bonds is 8. The lowest BCUT2D eigenvalue weighted by molar-refractivity contribution is -0.137. The minimum Gasteiger partial charge on any atom is -0.351 e. The largest absolute Gasteiger partial charge is 0.420 e. The average molecular weight is 589 g/mol. The van der Waals surface area contributed by atoms with E-state index in [1.165, 1.54) is 6.20 Å². The zero-order valence-electron chi connectivity index (χ0n) is 22.4. The third kappa shape index (κ3) is 6.32. The van der Waals surface area contributed by atoms with Crippen LogP contribution in [0.2, 0.25) is 5.02 Å². The molecule has 0 unspecified atom stereocenters. The second kappa shape index (κ2) is 11.8. The Hall–Kier alpha value is -4.07. The standard InChI is InChI=1S/C26H28ClF3N10O/c1-3-4-22(41)40(21-13-31-20(12-32-21)15-9-35-39(2)14-15)17-7-5-16(6-8-17)36-25-33-10-18(26(28,29)30)23(37-25)24-19(27)11-34-38-24/h9-14,16-17H,3-8H2,1-2H3,(H,34,38)(H,33,36,37). The van der Waals surface area contributed by atoms with Crippen LogP contribution in [-0.2, 0) is 18.0 Å². The highest BCUT2D eigenvalue weighted by molar-refractivity contribution is 6.32. The second-order valence-corrected chi connectivity index (χ2v) is 10.3. The van der Waals surface area contributed by atoms with Crippen LogP contribution in [0, 0.1) is 0 Å². The lowest BCUT2D eigenvalue weighted by Crippen LogP contribution is -2.44. The van der Waals surface area contributed by atoms with E-state index in [1.807, 2.05) is 20.2 Å². The van der Waals surface area contributed by atoms with Gasteiger partial charge in [-0.25, -0.2) is 15.0 Å². The van der Waals surface area contributed by atoms with Gasteiger partial charge < -0.3 is 5.32 Å². The third-order valence-corrected chi connectivity index (χ3v) is 7.21. The molecule has 4 heterocycles. The highest BCUT2D eigenvalue weighted by atomic mass is 35.5. The number of alkyl halides is 3. The van der Waals surface area contributed by atoms with Gasteiger partial charge in [0, 0.05) is 49.7 Å². The highest BCUT2D eigenvalue weighted by Crippen LogP contribution is 2.38. The fourth-order valence-corrected chi connectivity index (χ4v) is 5.12. The van der Waals surface area contributed by atoms with Crippen molar-refractivity contribution in [3.63, 3.8) is 0 Å². The van der Waals surface area contributed by atoms with Gasteiger partial charge in [-0.2, -0.15) is 23.4 Å². The van der Waals surface area contributed by atoms with Gasteiger partial charge in [-0.15, -0.1) is 0 Å². The molecule has 11 nitrogen and oxygen atoms in total. The molecular weight excluding hydrogens is 561 g/mol. The molecule has 1 amide bonds. The SMILES string of the molecule is CCCC(=O)N(c1cnc(-c2cnn(C)c2)cn1)C1CCC(Nc2ncc(C(F)(F)F)c(-c3n[nH]cc3Cl)n2)CC1. The number of carbonyl (C=O) groups is 1. The molecule has 1 aliphatic carbocycles. The van der Waals surface area contributed by atoms with Crippen molar-refractivity contribution in [3.8, 4) is 22.6 Å². The second-order valence-electron chi connectivity index (χ2n) is 9.86. The minimum atomic E-state index is -4.68. The fourth-order valence-electron chi connectivity index (χ4n) is 4.94. The van der Waals surface area contributed by atoms with Crippen LogP contribution in [0.15, 0.2) is 37.2 Å². The number of amides is 1. The lowest BCUT2D eigenvalue weighted by atomic mass is 9.90. The summed E-state index contributed by atoms with van der Waals surface area (Å²) in [5.41, 5.74) is -0.0487.